The molecule has 2 aliphatic rings. The van der Waals surface area contributed by atoms with E-state index in [0.29, 0.717) is 6.54 Å². The first-order chi connectivity index (χ1) is 22.9. The van der Waals surface area contributed by atoms with E-state index in [-0.39, 0.29) is 30.6 Å². The maximum atomic E-state index is 11.6. The molecule has 246 valence electrons. The number of nitrogens with one attached hydrogen (secondary N) is 1. The van der Waals surface area contributed by atoms with Crippen LogP contribution in [0.2, 0.25) is 0 Å². The third kappa shape index (κ3) is 7.36. The van der Waals surface area contributed by atoms with Gasteiger partial charge < -0.3 is 29.4 Å². The van der Waals surface area contributed by atoms with Gasteiger partial charge in [0.05, 0.1) is 33.0 Å². The van der Waals surface area contributed by atoms with Crippen LogP contribution in [0.1, 0.15) is 59.6 Å². The number of fused-ring (bicyclic) bond motifs is 1. The van der Waals surface area contributed by atoms with Crippen molar-refractivity contribution >= 4 is 5.91 Å². The molecule has 0 aliphatic carbocycles. The zero-order valence-corrected chi connectivity index (χ0v) is 27.6. The van der Waals surface area contributed by atoms with E-state index in [9.17, 15) is 9.90 Å². The predicted molar refractivity (Wildman–Crippen MR) is 181 cm³/mol. The van der Waals surface area contributed by atoms with Crippen LogP contribution in [-0.4, -0.2) is 49.3 Å². The lowest BCUT2D eigenvalue weighted by atomic mass is 9.89. The fourth-order valence-electron chi connectivity index (χ4n) is 6.68. The number of nitrogens with zero attached hydrogens (tertiary/aromatic N) is 1. The van der Waals surface area contributed by atoms with Crippen molar-refractivity contribution in [3.63, 3.8) is 0 Å². The van der Waals surface area contributed by atoms with Crippen molar-refractivity contribution < 1.29 is 28.8 Å². The van der Waals surface area contributed by atoms with Gasteiger partial charge in [0.1, 0.15) is 0 Å². The monoisotopic (exact) mass is 636 g/mol. The molecule has 4 atom stereocenters. The highest BCUT2D eigenvalue weighted by Gasteiger charge is 2.39. The van der Waals surface area contributed by atoms with E-state index in [1.807, 2.05) is 30.3 Å². The number of carbonyl (C=O) groups excluding carboxylic acids is 1. The highest BCUT2D eigenvalue weighted by molar-refractivity contribution is 5.74. The fraction of sp³-hybridized carbons (Fsp3) is 0.359. The molecule has 0 bridgehead atoms. The summed E-state index contributed by atoms with van der Waals surface area (Å²) in [7, 11) is 3.35. The summed E-state index contributed by atoms with van der Waals surface area (Å²) in [6.07, 6.45) is 0.0963. The average molecular weight is 637 g/mol. The second-order valence-electron chi connectivity index (χ2n) is 12.5. The van der Waals surface area contributed by atoms with Gasteiger partial charge in [-0.25, -0.2) is 0 Å². The molecule has 8 heteroatoms. The molecule has 1 amide bonds. The van der Waals surface area contributed by atoms with E-state index in [0.717, 1.165) is 70.9 Å². The SMILES string of the molecule is COc1cc2c(cc1OC)CN(CC1OC(c3ccc(-c4ccccc4CNC(C)=O)cc3)OC(c3ccc(CO)cc3)C1C)CC2. The summed E-state index contributed by atoms with van der Waals surface area (Å²) in [5.74, 6) is 1.54. The van der Waals surface area contributed by atoms with Gasteiger partial charge in [-0.05, 0) is 57.5 Å². The molecule has 1 fully saturated rings. The summed E-state index contributed by atoms with van der Waals surface area (Å²) in [5, 5.41) is 12.5. The Morgan fingerprint density at radius 1 is 0.915 bits per heavy atom. The van der Waals surface area contributed by atoms with Gasteiger partial charge >= 0.3 is 0 Å². The smallest absolute Gasteiger partial charge is 0.217 e. The van der Waals surface area contributed by atoms with Crippen molar-refractivity contribution in [3.05, 3.63) is 118 Å². The molecule has 0 aromatic heterocycles. The molecule has 0 saturated carbocycles. The van der Waals surface area contributed by atoms with Crippen LogP contribution in [0.3, 0.4) is 0 Å². The van der Waals surface area contributed by atoms with Crippen molar-refractivity contribution in [2.45, 2.75) is 58.5 Å². The number of methoxy groups -OCH3 is 2. The molecular formula is C39H44N2O6. The van der Waals surface area contributed by atoms with Crippen LogP contribution in [0.4, 0.5) is 0 Å². The largest absolute Gasteiger partial charge is 0.493 e. The first-order valence-electron chi connectivity index (χ1n) is 16.3. The maximum absolute atomic E-state index is 11.6. The molecule has 2 heterocycles. The summed E-state index contributed by atoms with van der Waals surface area (Å²) in [6.45, 7) is 6.69. The van der Waals surface area contributed by atoms with Gasteiger partial charge in [-0.1, -0.05) is 79.7 Å². The minimum Gasteiger partial charge on any atom is -0.493 e. The van der Waals surface area contributed by atoms with E-state index in [1.54, 1.807) is 14.2 Å². The van der Waals surface area contributed by atoms with Crippen LogP contribution >= 0.6 is 0 Å². The lowest BCUT2D eigenvalue weighted by Gasteiger charge is -2.43. The van der Waals surface area contributed by atoms with Crippen molar-refractivity contribution in [1.29, 1.82) is 0 Å². The third-order valence-corrected chi connectivity index (χ3v) is 9.40. The van der Waals surface area contributed by atoms with E-state index < -0.39 is 6.29 Å². The number of aliphatic hydroxyl groups excluding tert-OH is 1. The van der Waals surface area contributed by atoms with Gasteiger partial charge in [0.15, 0.2) is 17.8 Å². The molecule has 0 spiro atoms. The Kier molecular flexibility index (Phi) is 10.2. The Hall–Kier alpha value is -4.21. The molecule has 47 heavy (non-hydrogen) atoms. The number of ether oxygens (including phenoxy) is 4. The Morgan fingerprint density at radius 2 is 1.60 bits per heavy atom. The van der Waals surface area contributed by atoms with Crippen LogP contribution in [0, 0.1) is 5.92 Å². The molecule has 6 rings (SSSR count). The van der Waals surface area contributed by atoms with Gasteiger partial charge in [-0.3, -0.25) is 9.69 Å². The minimum atomic E-state index is -0.552. The van der Waals surface area contributed by atoms with Crippen molar-refractivity contribution in [1.82, 2.24) is 10.2 Å². The molecule has 4 aromatic rings. The molecule has 2 N–H and O–H groups in total. The van der Waals surface area contributed by atoms with Gasteiger partial charge in [0.2, 0.25) is 5.91 Å². The van der Waals surface area contributed by atoms with Crippen LogP contribution < -0.4 is 14.8 Å². The number of hydrogen-bond acceptors (Lipinski definition) is 7. The number of hydrogen-bond donors (Lipinski definition) is 2. The summed E-state index contributed by atoms with van der Waals surface area (Å²) < 4.78 is 24.7. The molecule has 2 aliphatic heterocycles. The number of benzene rings is 4. The summed E-state index contributed by atoms with van der Waals surface area (Å²) in [6, 6.07) is 28.7. The Bertz CT molecular complexity index is 1670. The highest BCUT2D eigenvalue weighted by Crippen LogP contribution is 2.43. The number of carbonyl (C=O) groups is 1. The van der Waals surface area contributed by atoms with E-state index in [1.165, 1.54) is 18.1 Å². The Labute approximate surface area is 277 Å². The van der Waals surface area contributed by atoms with Crippen LogP contribution in [-0.2, 0) is 40.4 Å². The van der Waals surface area contributed by atoms with E-state index in [2.05, 4.69) is 71.7 Å². The molecule has 1 saturated heterocycles. The summed E-state index contributed by atoms with van der Waals surface area (Å²) in [4.78, 5) is 14.0. The molecule has 8 nitrogen and oxygen atoms in total. The second kappa shape index (κ2) is 14.7. The first-order valence-corrected chi connectivity index (χ1v) is 16.3. The number of rotatable bonds is 10. The predicted octanol–water partition coefficient (Wildman–Crippen LogP) is 6.35. The Morgan fingerprint density at radius 3 is 2.28 bits per heavy atom. The standard InChI is InChI=1S/C39H44N2O6/c1-25-37(23-41-18-17-31-19-35(44-3)36(45-4)20-33(31)22-41)46-39(47-38(25)29-11-9-27(24-42)10-12-29)30-15-13-28(14-16-30)34-8-6-5-7-32(34)21-40-26(2)43/h5-16,19-20,25,37-39,42H,17-18,21-24H2,1-4H3,(H,40,43). The Balaban J connectivity index is 1.25. The number of amides is 1. The number of aliphatic hydroxyl groups is 1. The molecular weight excluding hydrogens is 592 g/mol. The van der Waals surface area contributed by atoms with E-state index >= 15 is 0 Å². The van der Waals surface area contributed by atoms with Crippen LogP contribution in [0.25, 0.3) is 11.1 Å². The first kappa shape index (κ1) is 32.7. The maximum Gasteiger partial charge on any atom is 0.217 e. The normalized spacial score (nSPS) is 21.1. The summed E-state index contributed by atoms with van der Waals surface area (Å²) in [5.41, 5.74) is 8.61. The highest BCUT2D eigenvalue weighted by atomic mass is 16.7. The van der Waals surface area contributed by atoms with Crippen LogP contribution in [0.5, 0.6) is 11.5 Å². The zero-order valence-electron chi connectivity index (χ0n) is 27.6. The van der Waals surface area contributed by atoms with Crippen molar-refractivity contribution in [2.75, 3.05) is 27.3 Å². The van der Waals surface area contributed by atoms with Gasteiger partial charge in [-0.2, -0.15) is 0 Å². The van der Waals surface area contributed by atoms with E-state index in [4.69, 9.17) is 18.9 Å². The quantitative estimate of drug-likeness (QED) is 0.210. The van der Waals surface area contributed by atoms with Gasteiger partial charge in [0, 0.05) is 44.6 Å². The minimum absolute atomic E-state index is 0.00308. The second-order valence-corrected chi connectivity index (χ2v) is 12.5. The lowest BCUT2D eigenvalue weighted by Crippen LogP contribution is -2.45. The van der Waals surface area contributed by atoms with Gasteiger partial charge in [0.25, 0.3) is 0 Å². The summed E-state index contributed by atoms with van der Waals surface area (Å²) >= 11 is 0. The fourth-order valence-corrected chi connectivity index (χ4v) is 6.68. The van der Waals surface area contributed by atoms with Crippen molar-refractivity contribution in [3.8, 4) is 22.6 Å². The average Bonchev–Trinajstić information content (AvgIpc) is 3.11. The molecule has 0 radical (unpaired) electrons. The third-order valence-electron chi connectivity index (χ3n) is 9.40. The molecule has 4 aromatic carbocycles. The molecule has 4 unspecified atom stereocenters. The van der Waals surface area contributed by atoms with Crippen molar-refractivity contribution in [2.24, 2.45) is 5.92 Å². The topological polar surface area (TPSA) is 89.5 Å². The zero-order chi connectivity index (χ0) is 32.9. The lowest BCUT2D eigenvalue weighted by molar-refractivity contribution is -0.276. The van der Waals surface area contributed by atoms with Crippen LogP contribution in [0.15, 0.2) is 84.9 Å². The van der Waals surface area contributed by atoms with Gasteiger partial charge in [-0.15, -0.1) is 0 Å².